The lowest BCUT2D eigenvalue weighted by atomic mass is 10.0. The summed E-state index contributed by atoms with van der Waals surface area (Å²) in [5.74, 6) is 1.88. The molecule has 0 spiro atoms. The van der Waals surface area contributed by atoms with Gasteiger partial charge in [-0.2, -0.15) is 4.98 Å². The van der Waals surface area contributed by atoms with Crippen LogP contribution in [0.5, 0.6) is 0 Å². The second-order valence-corrected chi connectivity index (χ2v) is 4.39. The van der Waals surface area contributed by atoms with Gasteiger partial charge in [-0.3, -0.25) is 0 Å². The maximum absolute atomic E-state index is 5.28. The number of thiophene rings is 1. The van der Waals surface area contributed by atoms with Gasteiger partial charge in [0.05, 0.1) is 4.88 Å². The van der Waals surface area contributed by atoms with Crippen molar-refractivity contribution in [2.45, 2.75) is 32.6 Å². The van der Waals surface area contributed by atoms with Crippen LogP contribution in [-0.2, 0) is 0 Å². The van der Waals surface area contributed by atoms with Crippen molar-refractivity contribution in [1.29, 1.82) is 0 Å². The Hall–Kier alpha value is -1.16. The van der Waals surface area contributed by atoms with Crippen LogP contribution in [0.4, 0.5) is 0 Å². The zero-order valence-corrected chi connectivity index (χ0v) is 9.75. The minimum Gasteiger partial charge on any atom is -0.339 e. The van der Waals surface area contributed by atoms with Gasteiger partial charge < -0.3 is 4.52 Å². The quantitative estimate of drug-likeness (QED) is 0.791. The monoisotopic (exact) mass is 222 g/mol. The summed E-state index contributed by atoms with van der Waals surface area (Å²) in [5, 5.41) is 6.02. The fourth-order valence-electron chi connectivity index (χ4n) is 1.54. The van der Waals surface area contributed by atoms with E-state index in [4.69, 9.17) is 4.52 Å². The average Bonchev–Trinajstić information content (AvgIpc) is 2.89. The Morgan fingerprint density at radius 3 is 2.80 bits per heavy atom. The largest absolute Gasteiger partial charge is 0.339 e. The Morgan fingerprint density at radius 2 is 2.20 bits per heavy atom. The molecule has 3 nitrogen and oxygen atoms in total. The first-order chi connectivity index (χ1) is 7.35. The van der Waals surface area contributed by atoms with Crippen LogP contribution >= 0.6 is 11.3 Å². The summed E-state index contributed by atoms with van der Waals surface area (Å²) >= 11 is 1.63. The minimum absolute atomic E-state index is 0.395. The molecule has 0 N–H and O–H groups in total. The summed E-state index contributed by atoms with van der Waals surface area (Å²) in [6.45, 7) is 4.28. The highest BCUT2D eigenvalue weighted by atomic mass is 32.1. The summed E-state index contributed by atoms with van der Waals surface area (Å²) in [6, 6.07) is 4.00. The first kappa shape index (κ1) is 10.4. The number of hydrogen-bond acceptors (Lipinski definition) is 4. The summed E-state index contributed by atoms with van der Waals surface area (Å²) in [7, 11) is 0. The number of nitrogens with zero attached hydrogens (tertiary/aromatic N) is 2. The summed E-state index contributed by atoms with van der Waals surface area (Å²) < 4.78 is 5.28. The van der Waals surface area contributed by atoms with E-state index in [0.29, 0.717) is 11.7 Å². The van der Waals surface area contributed by atoms with E-state index in [9.17, 15) is 0 Å². The molecule has 80 valence electrons. The van der Waals surface area contributed by atoms with Crippen molar-refractivity contribution in [3.63, 3.8) is 0 Å². The second-order valence-electron chi connectivity index (χ2n) is 3.45. The fraction of sp³-hybridized carbons (Fsp3) is 0.455. The van der Waals surface area contributed by atoms with Gasteiger partial charge in [0, 0.05) is 5.92 Å². The van der Waals surface area contributed by atoms with Crippen LogP contribution in [0.25, 0.3) is 10.7 Å². The van der Waals surface area contributed by atoms with Gasteiger partial charge in [-0.15, -0.1) is 11.3 Å². The number of aromatic nitrogens is 2. The van der Waals surface area contributed by atoms with Crippen molar-refractivity contribution < 1.29 is 4.52 Å². The highest BCUT2D eigenvalue weighted by Gasteiger charge is 2.16. The normalized spacial score (nSPS) is 11.1. The van der Waals surface area contributed by atoms with Gasteiger partial charge >= 0.3 is 0 Å². The van der Waals surface area contributed by atoms with E-state index in [-0.39, 0.29) is 0 Å². The van der Waals surface area contributed by atoms with Gasteiger partial charge in [0.2, 0.25) is 11.7 Å². The molecule has 0 bridgehead atoms. The lowest BCUT2D eigenvalue weighted by Gasteiger charge is -2.03. The summed E-state index contributed by atoms with van der Waals surface area (Å²) in [5.41, 5.74) is 0. The van der Waals surface area contributed by atoms with Crippen molar-refractivity contribution in [3.05, 3.63) is 23.4 Å². The molecule has 2 rings (SSSR count). The molecular weight excluding hydrogens is 208 g/mol. The lowest BCUT2D eigenvalue weighted by molar-refractivity contribution is 0.346. The third-order valence-corrected chi connectivity index (χ3v) is 3.38. The van der Waals surface area contributed by atoms with Gasteiger partial charge in [0.25, 0.3) is 0 Å². The van der Waals surface area contributed by atoms with Crippen molar-refractivity contribution in [3.8, 4) is 10.7 Å². The summed E-state index contributed by atoms with van der Waals surface area (Å²) in [4.78, 5) is 5.49. The molecule has 0 amide bonds. The van der Waals surface area contributed by atoms with Gasteiger partial charge in [-0.05, 0) is 24.3 Å². The van der Waals surface area contributed by atoms with Crippen molar-refractivity contribution in [2.24, 2.45) is 0 Å². The van der Waals surface area contributed by atoms with Crippen LogP contribution in [0, 0.1) is 0 Å². The predicted octanol–water partition coefficient (Wildman–Crippen LogP) is 3.70. The van der Waals surface area contributed by atoms with Gasteiger partial charge in [0.1, 0.15) is 0 Å². The third-order valence-electron chi connectivity index (χ3n) is 2.52. The molecule has 0 saturated carbocycles. The van der Waals surface area contributed by atoms with Crippen LogP contribution < -0.4 is 0 Å². The Kier molecular flexibility index (Phi) is 3.16. The van der Waals surface area contributed by atoms with Crippen molar-refractivity contribution >= 4 is 11.3 Å². The fourth-order valence-corrected chi connectivity index (χ4v) is 2.19. The predicted molar refractivity (Wildman–Crippen MR) is 60.9 cm³/mol. The van der Waals surface area contributed by atoms with Gasteiger partial charge in [-0.25, -0.2) is 0 Å². The second kappa shape index (κ2) is 4.57. The molecule has 15 heavy (non-hydrogen) atoms. The van der Waals surface area contributed by atoms with Crippen molar-refractivity contribution in [2.75, 3.05) is 0 Å². The zero-order chi connectivity index (χ0) is 10.7. The van der Waals surface area contributed by atoms with Gasteiger partial charge in [-0.1, -0.05) is 25.1 Å². The molecule has 0 fully saturated rings. The topological polar surface area (TPSA) is 38.9 Å². The molecule has 0 aliphatic rings. The molecule has 0 saturated heterocycles. The van der Waals surface area contributed by atoms with Crippen LogP contribution in [0.15, 0.2) is 22.0 Å². The molecule has 2 aromatic heterocycles. The molecule has 2 aromatic rings. The smallest absolute Gasteiger partial charge is 0.230 e. The molecule has 0 aromatic carbocycles. The molecular formula is C11H14N2OS. The van der Waals surface area contributed by atoms with Gasteiger partial charge in [0.15, 0.2) is 0 Å². The van der Waals surface area contributed by atoms with E-state index >= 15 is 0 Å². The van der Waals surface area contributed by atoms with Crippen LogP contribution in [0.2, 0.25) is 0 Å². The van der Waals surface area contributed by atoms with E-state index in [1.807, 2.05) is 17.5 Å². The Morgan fingerprint density at radius 1 is 1.40 bits per heavy atom. The Labute approximate surface area is 93.1 Å². The highest BCUT2D eigenvalue weighted by Crippen LogP contribution is 2.26. The molecule has 0 aliphatic carbocycles. The summed E-state index contributed by atoms with van der Waals surface area (Å²) in [6.07, 6.45) is 2.09. The molecule has 0 unspecified atom stereocenters. The van der Waals surface area contributed by atoms with E-state index in [1.54, 1.807) is 11.3 Å². The first-order valence-electron chi connectivity index (χ1n) is 5.22. The van der Waals surface area contributed by atoms with Crippen LogP contribution in [-0.4, -0.2) is 10.1 Å². The standard InChI is InChI=1S/C11H14N2OS/c1-3-8(4-2)11-12-10(13-14-11)9-6-5-7-15-9/h5-8H,3-4H2,1-2H3. The van der Waals surface area contributed by atoms with E-state index in [2.05, 4.69) is 24.0 Å². The molecule has 0 aliphatic heterocycles. The number of hydrogen-bond donors (Lipinski definition) is 0. The highest BCUT2D eigenvalue weighted by molar-refractivity contribution is 7.13. The lowest BCUT2D eigenvalue weighted by Crippen LogP contribution is -1.95. The maximum Gasteiger partial charge on any atom is 0.230 e. The van der Waals surface area contributed by atoms with E-state index < -0.39 is 0 Å². The number of rotatable bonds is 4. The van der Waals surface area contributed by atoms with E-state index in [1.165, 1.54) is 0 Å². The molecule has 0 radical (unpaired) electrons. The van der Waals surface area contributed by atoms with Crippen LogP contribution in [0.3, 0.4) is 0 Å². The van der Waals surface area contributed by atoms with Crippen molar-refractivity contribution in [1.82, 2.24) is 10.1 Å². The average molecular weight is 222 g/mol. The Bertz CT molecular complexity index is 404. The van der Waals surface area contributed by atoms with Crippen LogP contribution in [0.1, 0.15) is 38.5 Å². The van der Waals surface area contributed by atoms with E-state index in [0.717, 1.165) is 23.6 Å². The molecule has 4 heteroatoms. The molecule has 0 atom stereocenters. The maximum atomic E-state index is 5.28. The molecule has 2 heterocycles. The third kappa shape index (κ3) is 2.09. The first-order valence-corrected chi connectivity index (χ1v) is 6.10. The SMILES string of the molecule is CCC(CC)c1nc(-c2cccs2)no1. The minimum atomic E-state index is 0.395. The Balaban J connectivity index is 2.24. The zero-order valence-electron chi connectivity index (χ0n) is 8.93.